The monoisotopic (exact) mass is 380 g/mol. The van der Waals surface area contributed by atoms with Gasteiger partial charge in [0.2, 0.25) is 5.88 Å². The van der Waals surface area contributed by atoms with Gasteiger partial charge in [-0.1, -0.05) is 0 Å². The second-order valence-corrected chi connectivity index (χ2v) is 6.01. The average molecular weight is 381 g/mol. The standard InChI is InChI=1S/C14H13BrN4O4/c15-8-1-2-12(16-6-8)23-9-3-4-19(7-9)13(21)10-5-11(20)18-14(22)17-10/h1-2,5-6,9H,3-4,7H2,(H2,17,18,20,22). The van der Waals surface area contributed by atoms with Crippen LogP contribution in [0, 0.1) is 0 Å². The maximum absolute atomic E-state index is 12.3. The highest BCUT2D eigenvalue weighted by molar-refractivity contribution is 9.10. The molecule has 1 aliphatic rings. The maximum Gasteiger partial charge on any atom is 0.326 e. The number of carbonyl (C=O) groups is 1. The lowest BCUT2D eigenvalue weighted by Crippen LogP contribution is -2.34. The van der Waals surface area contributed by atoms with Crippen LogP contribution in [-0.4, -0.2) is 45.0 Å². The number of ether oxygens (including phenoxy) is 1. The fourth-order valence-electron chi connectivity index (χ4n) is 2.37. The number of carbonyl (C=O) groups excluding carboxylic acids is 1. The van der Waals surface area contributed by atoms with Crippen LogP contribution in [0.25, 0.3) is 0 Å². The second kappa shape index (κ2) is 6.37. The van der Waals surface area contributed by atoms with E-state index in [1.165, 1.54) is 4.90 Å². The van der Waals surface area contributed by atoms with E-state index in [1.54, 1.807) is 12.3 Å². The van der Waals surface area contributed by atoms with E-state index >= 15 is 0 Å². The lowest BCUT2D eigenvalue weighted by atomic mass is 10.3. The summed E-state index contributed by atoms with van der Waals surface area (Å²) >= 11 is 3.30. The summed E-state index contributed by atoms with van der Waals surface area (Å²) in [7, 11) is 0. The van der Waals surface area contributed by atoms with Crippen molar-refractivity contribution in [2.24, 2.45) is 0 Å². The van der Waals surface area contributed by atoms with Crippen LogP contribution in [0.4, 0.5) is 0 Å². The molecule has 3 rings (SSSR count). The van der Waals surface area contributed by atoms with E-state index in [4.69, 9.17) is 4.74 Å². The van der Waals surface area contributed by atoms with Gasteiger partial charge in [-0.25, -0.2) is 9.78 Å². The first-order valence-corrected chi connectivity index (χ1v) is 7.72. The lowest BCUT2D eigenvalue weighted by Gasteiger charge is -2.16. The molecule has 8 nitrogen and oxygen atoms in total. The smallest absolute Gasteiger partial charge is 0.326 e. The van der Waals surface area contributed by atoms with Crippen LogP contribution in [-0.2, 0) is 0 Å². The van der Waals surface area contributed by atoms with Crippen molar-refractivity contribution in [3.8, 4) is 5.88 Å². The van der Waals surface area contributed by atoms with E-state index in [-0.39, 0.29) is 11.8 Å². The van der Waals surface area contributed by atoms with E-state index in [2.05, 4.69) is 25.9 Å². The molecule has 2 aromatic heterocycles. The number of likely N-dealkylation sites (tertiary alicyclic amines) is 1. The molecule has 0 aromatic carbocycles. The predicted molar refractivity (Wildman–Crippen MR) is 84.6 cm³/mol. The normalized spacial score (nSPS) is 17.3. The minimum atomic E-state index is -0.702. The Balaban J connectivity index is 1.67. The largest absolute Gasteiger partial charge is 0.472 e. The summed E-state index contributed by atoms with van der Waals surface area (Å²) in [5.41, 5.74) is -1.34. The van der Waals surface area contributed by atoms with E-state index in [0.29, 0.717) is 25.4 Å². The minimum Gasteiger partial charge on any atom is -0.472 e. The highest BCUT2D eigenvalue weighted by Gasteiger charge is 2.29. The van der Waals surface area contributed by atoms with Gasteiger partial charge in [0.25, 0.3) is 11.5 Å². The molecule has 1 saturated heterocycles. The fraction of sp³-hybridized carbons (Fsp3) is 0.286. The molecule has 1 fully saturated rings. The molecule has 23 heavy (non-hydrogen) atoms. The number of amides is 1. The minimum absolute atomic E-state index is 0.0267. The van der Waals surface area contributed by atoms with Gasteiger partial charge < -0.3 is 14.6 Å². The quantitative estimate of drug-likeness (QED) is 0.806. The van der Waals surface area contributed by atoms with E-state index in [1.807, 2.05) is 11.1 Å². The summed E-state index contributed by atoms with van der Waals surface area (Å²) in [6.45, 7) is 0.847. The molecule has 1 amide bonds. The molecule has 2 aromatic rings. The molecule has 0 bridgehead atoms. The van der Waals surface area contributed by atoms with Crippen molar-refractivity contribution in [3.63, 3.8) is 0 Å². The van der Waals surface area contributed by atoms with Crippen LogP contribution in [0.15, 0.2) is 38.5 Å². The third kappa shape index (κ3) is 3.67. The van der Waals surface area contributed by atoms with Gasteiger partial charge in [0, 0.05) is 35.8 Å². The zero-order valence-electron chi connectivity index (χ0n) is 11.9. The van der Waals surface area contributed by atoms with Crippen LogP contribution in [0.1, 0.15) is 16.9 Å². The fourth-order valence-corrected chi connectivity index (χ4v) is 2.60. The van der Waals surface area contributed by atoms with Gasteiger partial charge in [0.1, 0.15) is 11.8 Å². The predicted octanol–water partition coefficient (Wildman–Crippen LogP) is 0.514. The number of halogens is 1. The topological polar surface area (TPSA) is 108 Å². The van der Waals surface area contributed by atoms with Gasteiger partial charge in [-0.05, 0) is 22.0 Å². The first-order chi connectivity index (χ1) is 11.0. The van der Waals surface area contributed by atoms with Crippen molar-refractivity contribution in [1.29, 1.82) is 0 Å². The Bertz CT molecular complexity index is 801. The van der Waals surface area contributed by atoms with E-state index in [9.17, 15) is 14.4 Å². The number of aromatic amines is 2. The zero-order chi connectivity index (χ0) is 16.4. The summed E-state index contributed by atoms with van der Waals surface area (Å²) < 4.78 is 6.58. The molecule has 2 N–H and O–H groups in total. The van der Waals surface area contributed by atoms with Crippen molar-refractivity contribution in [1.82, 2.24) is 19.9 Å². The zero-order valence-corrected chi connectivity index (χ0v) is 13.5. The van der Waals surface area contributed by atoms with Gasteiger partial charge in [-0.15, -0.1) is 0 Å². The van der Waals surface area contributed by atoms with Gasteiger partial charge in [0.15, 0.2) is 0 Å². The molecule has 0 spiro atoms. The molecule has 0 aliphatic carbocycles. The van der Waals surface area contributed by atoms with Crippen molar-refractivity contribution in [3.05, 3.63) is 55.4 Å². The van der Waals surface area contributed by atoms with Crippen LogP contribution in [0.5, 0.6) is 5.88 Å². The van der Waals surface area contributed by atoms with Crippen molar-refractivity contribution in [2.75, 3.05) is 13.1 Å². The molecule has 1 unspecified atom stereocenters. The Labute approximate surface area is 138 Å². The van der Waals surface area contributed by atoms with Crippen LogP contribution < -0.4 is 16.0 Å². The molecule has 0 saturated carbocycles. The number of rotatable bonds is 3. The molecular formula is C14H13BrN4O4. The molecule has 0 radical (unpaired) electrons. The number of hydrogen-bond acceptors (Lipinski definition) is 5. The average Bonchev–Trinajstić information content (AvgIpc) is 2.96. The van der Waals surface area contributed by atoms with Gasteiger partial charge in [0.05, 0.1) is 6.54 Å². The third-order valence-corrected chi connectivity index (χ3v) is 3.88. The molecule has 3 heterocycles. The summed E-state index contributed by atoms with van der Waals surface area (Å²) in [5.74, 6) is 0.0835. The van der Waals surface area contributed by atoms with Crippen LogP contribution in [0.2, 0.25) is 0 Å². The summed E-state index contributed by atoms with van der Waals surface area (Å²) in [6.07, 6.45) is 2.10. The maximum atomic E-state index is 12.3. The molecule has 120 valence electrons. The molecule has 1 atom stereocenters. The van der Waals surface area contributed by atoms with Gasteiger partial charge >= 0.3 is 5.69 Å². The summed E-state index contributed by atoms with van der Waals surface area (Å²) in [6, 6.07) is 4.64. The first kappa shape index (κ1) is 15.5. The lowest BCUT2D eigenvalue weighted by molar-refractivity contribution is 0.0764. The summed E-state index contributed by atoms with van der Waals surface area (Å²) in [5, 5.41) is 0. The summed E-state index contributed by atoms with van der Waals surface area (Å²) in [4.78, 5) is 44.9. The Morgan fingerprint density at radius 1 is 1.35 bits per heavy atom. The van der Waals surface area contributed by atoms with Crippen molar-refractivity contribution in [2.45, 2.75) is 12.5 Å². The Morgan fingerprint density at radius 3 is 2.87 bits per heavy atom. The SMILES string of the molecule is O=C(c1cc(=O)[nH]c(=O)[nH]1)N1CCC(Oc2ccc(Br)cn2)C1. The Hall–Kier alpha value is -2.42. The Kier molecular flexibility index (Phi) is 4.28. The van der Waals surface area contributed by atoms with Crippen molar-refractivity contribution < 1.29 is 9.53 Å². The van der Waals surface area contributed by atoms with E-state index in [0.717, 1.165) is 10.5 Å². The molecular weight excluding hydrogens is 368 g/mol. The van der Waals surface area contributed by atoms with Crippen LogP contribution in [0.3, 0.4) is 0 Å². The van der Waals surface area contributed by atoms with Gasteiger partial charge in [-0.2, -0.15) is 0 Å². The molecule has 9 heteroatoms. The number of pyridine rings is 1. The van der Waals surface area contributed by atoms with Crippen LogP contribution >= 0.6 is 15.9 Å². The Morgan fingerprint density at radius 2 is 2.17 bits per heavy atom. The second-order valence-electron chi connectivity index (χ2n) is 5.10. The first-order valence-electron chi connectivity index (χ1n) is 6.92. The number of nitrogens with one attached hydrogen (secondary N) is 2. The number of hydrogen-bond donors (Lipinski definition) is 2. The number of aromatic nitrogens is 3. The third-order valence-electron chi connectivity index (χ3n) is 3.41. The highest BCUT2D eigenvalue weighted by atomic mass is 79.9. The number of H-pyrrole nitrogens is 2. The molecule has 1 aliphatic heterocycles. The number of nitrogens with zero attached hydrogens (tertiary/aromatic N) is 2. The van der Waals surface area contributed by atoms with E-state index < -0.39 is 17.2 Å². The van der Waals surface area contributed by atoms with Gasteiger partial charge in [-0.3, -0.25) is 14.6 Å². The van der Waals surface area contributed by atoms with Crippen molar-refractivity contribution >= 4 is 21.8 Å². The highest BCUT2D eigenvalue weighted by Crippen LogP contribution is 2.19.